The quantitative estimate of drug-likeness (QED) is 0.442. The first-order chi connectivity index (χ1) is 9.31. The van der Waals surface area contributed by atoms with E-state index in [1.807, 2.05) is 23.2 Å². The molecule has 0 saturated heterocycles. The maximum absolute atomic E-state index is 3.64. The molecule has 1 atom stereocenters. The molecule has 2 aromatic carbocycles. The molecule has 0 aliphatic carbocycles. The molecule has 2 aromatic rings. The number of rotatable bonds is 5. The molecule has 0 fully saturated rings. The zero-order valence-electron chi connectivity index (χ0n) is 10.1. The fourth-order valence-corrected chi connectivity index (χ4v) is 4.00. The number of alkyl halides is 1. The topological polar surface area (TPSA) is 3.24 Å². The smallest absolute Gasteiger partial charge is 0.0991 e. The number of nitrogens with zero attached hydrogens (tertiary/aromatic N) is 1. The third-order valence-electron chi connectivity index (χ3n) is 2.41. The lowest BCUT2D eigenvalue weighted by Gasteiger charge is -2.24. The van der Waals surface area contributed by atoms with Crippen LogP contribution in [0.5, 0.6) is 0 Å². The minimum atomic E-state index is 0.201. The van der Waals surface area contributed by atoms with E-state index in [9.17, 15) is 0 Å². The Bertz CT molecular complexity index is 477. The zero-order chi connectivity index (χ0) is 13.5. The van der Waals surface area contributed by atoms with Crippen molar-refractivity contribution in [1.29, 1.82) is 0 Å². The van der Waals surface area contributed by atoms with Crippen molar-refractivity contribution in [2.75, 3.05) is 4.31 Å². The van der Waals surface area contributed by atoms with Crippen LogP contribution in [0.15, 0.2) is 71.7 Å². The monoisotopic (exact) mass is 397 g/mol. The minimum absolute atomic E-state index is 0.201. The Balaban J connectivity index is 2.29. The van der Waals surface area contributed by atoms with Crippen LogP contribution >= 0.6 is 43.8 Å². The number of anilines is 2. The summed E-state index contributed by atoms with van der Waals surface area (Å²) in [5.74, 6) is 0. The van der Waals surface area contributed by atoms with Gasteiger partial charge in [-0.15, -0.1) is 0 Å². The van der Waals surface area contributed by atoms with Crippen molar-refractivity contribution in [2.45, 2.75) is 4.16 Å². The van der Waals surface area contributed by atoms with Gasteiger partial charge in [-0.3, -0.25) is 4.31 Å². The molecule has 0 heterocycles. The Hall–Kier alpha value is -0.710. The maximum atomic E-state index is 3.64. The molecule has 0 amide bonds. The third-order valence-corrected chi connectivity index (χ3v) is 4.51. The van der Waals surface area contributed by atoms with Gasteiger partial charge in [-0.05, 0) is 41.2 Å². The second-order valence-corrected chi connectivity index (χ2v) is 6.95. The molecule has 0 aromatic heterocycles. The zero-order valence-corrected chi connectivity index (χ0v) is 14.1. The predicted molar refractivity (Wildman–Crippen MR) is 93.4 cm³/mol. The number of para-hydroxylation sites is 2. The van der Waals surface area contributed by atoms with Gasteiger partial charge >= 0.3 is 0 Å². The standard InChI is InChI=1S/C15H13Br2NS/c16-12-11-15(17)19-18(13-7-3-1-4-8-13)14-9-5-2-6-10-14/h1-12,15H. The molecule has 0 bridgehead atoms. The van der Waals surface area contributed by atoms with E-state index in [1.54, 1.807) is 11.9 Å². The Morgan fingerprint density at radius 3 is 1.79 bits per heavy atom. The van der Waals surface area contributed by atoms with E-state index >= 15 is 0 Å². The number of halogens is 2. The summed E-state index contributed by atoms with van der Waals surface area (Å²) >= 11 is 8.66. The van der Waals surface area contributed by atoms with Crippen molar-refractivity contribution < 1.29 is 0 Å². The summed E-state index contributed by atoms with van der Waals surface area (Å²) in [5, 5.41) is 0. The van der Waals surface area contributed by atoms with E-state index in [0.29, 0.717) is 0 Å². The van der Waals surface area contributed by atoms with Crippen molar-refractivity contribution in [3.05, 3.63) is 71.7 Å². The third kappa shape index (κ3) is 4.41. The second-order valence-electron chi connectivity index (χ2n) is 3.74. The van der Waals surface area contributed by atoms with E-state index in [1.165, 1.54) is 0 Å². The number of hydrogen-bond donors (Lipinski definition) is 0. The van der Waals surface area contributed by atoms with Crippen LogP contribution in [0, 0.1) is 0 Å². The molecule has 1 unspecified atom stereocenters. The average Bonchev–Trinajstić information content (AvgIpc) is 2.47. The fraction of sp³-hybridized carbons (Fsp3) is 0.0667. The SMILES string of the molecule is BrC=CC(Br)SN(c1ccccc1)c1ccccc1. The Morgan fingerprint density at radius 1 is 0.895 bits per heavy atom. The van der Waals surface area contributed by atoms with Crippen molar-refractivity contribution >= 4 is 55.2 Å². The molecule has 0 aliphatic heterocycles. The Labute approximate surface area is 135 Å². The summed E-state index contributed by atoms with van der Waals surface area (Å²) in [6, 6.07) is 20.7. The van der Waals surface area contributed by atoms with Crippen LogP contribution in [-0.4, -0.2) is 4.16 Å². The molecular weight excluding hydrogens is 386 g/mol. The van der Waals surface area contributed by atoms with Gasteiger partial charge in [0.15, 0.2) is 0 Å². The Morgan fingerprint density at radius 2 is 1.37 bits per heavy atom. The highest BCUT2D eigenvalue weighted by atomic mass is 79.9. The maximum Gasteiger partial charge on any atom is 0.0991 e. The van der Waals surface area contributed by atoms with Crippen LogP contribution in [0.4, 0.5) is 11.4 Å². The lowest BCUT2D eigenvalue weighted by atomic mass is 10.3. The molecule has 1 nitrogen and oxygen atoms in total. The van der Waals surface area contributed by atoms with Crippen LogP contribution in [0.1, 0.15) is 0 Å². The lowest BCUT2D eigenvalue weighted by Crippen LogP contribution is -2.09. The minimum Gasteiger partial charge on any atom is -0.283 e. The van der Waals surface area contributed by atoms with Crippen molar-refractivity contribution in [1.82, 2.24) is 0 Å². The molecule has 0 aliphatic rings. The fourth-order valence-electron chi connectivity index (χ4n) is 1.59. The molecule has 0 spiro atoms. The van der Waals surface area contributed by atoms with E-state index < -0.39 is 0 Å². The molecule has 2 rings (SSSR count). The van der Waals surface area contributed by atoms with Crippen LogP contribution in [0.3, 0.4) is 0 Å². The van der Waals surface area contributed by atoms with E-state index in [4.69, 9.17) is 0 Å². The van der Waals surface area contributed by atoms with Gasteiger partial charge in [0.25, 0.3) is 0 Å². The summed E-state index contributed by atoms with van der Waals surface area (Å²) in [5.41, 5.74) is 2.32. The van der Waals surface area contributed by atoms with Crippen molar-refractivity contribution in [3.63, 3.8) is 0 Å². The highest BCUT2D eigenvalue weighted by Crippen LogP contribution is 2.36. The summed E-state index contributed by atoms with van der Waals surface area (Å²) in [4.78, 5) is 1.87. The van der Waals surface area contributed by atoms with Crippen LogP contribution in [-0.2, 0) is 0 Å². The average molecular weight is 399 g/mol. The molecule has 98 valence electrons. The molecule has 0 radical (unpaired) electrons. The predicted octanol–water partition coefficient (Wildman–Crippen LogP) is 6.10. The molecule has 0 N–H and O–H groups in total. The van der Waals surface area contributed by atoms with Crippen LogP contribution in [0.25, 0.3) is 0 Å². The van der Waals surface area contributed by atoms with Gasteiger partial charge < -0.3 is 0 Å². The first-order valence-electron chi connectivity index (χ1n) is 5.79. The first-order valence-corrected chi connectivity index (χ1v) is 8.46. The first kappa shape index (κ1) is 14.7. The normalized spacial score (nSPS) is 12.5. The summed E-state index contributed by atoms with van der Waals surface area (Å²) in [6.07, 6.45) is 2.05. The van der Waals surface area contributed by atoms with E-state index in [0.717, 1.165) is 11.4 Å². The van der Waals surface area contributed by atoms with Gasteiger partial charge in [-0.1, -0.05) is 74.3 Å². The second kappa shape index (κ2) is 7.78. The van der Waals surface area contributed by atoms with Crippen LogP contribution in [0.2, 0.25) is 0 Å². The number of hydrogen-bond acceptors (Lipinski definition) is 2. The summed E-state index contributed by atoms with van der Waals surface area (Å²) in [7, 11) is 0. The highest BCUT2D eigenvalue weighted by molar-refractivity contribution is 9.12. The molecule has 19 heavy (non-hydrogen) atoms. The molecular formula is C15H13Br2NS. The van der Waals surface area contributed by atoms with Gasteiger partial charge in [-0.25, -0.2) is 0 Å². The lowest BCUT2D eigenvalue weighted by molar-refractivity contribution is 1.42. The highest BCUT2D eigenvalue weighted by Gasteiger charge is 2.13. The summed E-state index contributed by atoms with van der Waals surface area (Å²) < 4.78 is 2.42. The van der Waals surface area contributed by atoms with Crippen molar-refractivity contribution in [2.24, 2.45) is 0 Å². The molecule has 0 saturated carbocycles. The Kier molecular flexibility index (Phi) is 6.01. The van der Waals surface area contributed by atoms with Gasteiger partial charge in [0.1, 0.15) is 0 Å². The van der Waals surface area contributed by atoms with Crippen molar-refractivity contribution in [3.8, 4) is 0 Å². The van der Waals surface area contributed by atoms with Crippen LogP contribution < -0.4 is 4.31 Å². The van der Waals surface area contributed by atoms with Gasteiger partial charge in [0.05, 0.1) is 15.5 Å². The van der Waals surface area contributed by atoms with Gasteiger partial charge in [0, 0.05) is 0 Å². The van der Waals surface area contributed by atoms with E-state index in [-0.39, 0.29) is 4.16 Å². The molecule has 4 heteroatoms. The van der Waals surface area contributed by atoms with Gasteiger partial charge in [0.2, 0.25) is 0 Å². The summed E-state index contributed by atoms with van der Waals surface area (Å²) in [6.45, 7) is 0. The number of benzene rings is 2. The largest absolute Gasteiger partial charge is 0.283 e. The van der Waals surface area contributed by atoms with E-state index in [2.05, 4.69) is 84.7 Å². The van der Waals surface area contributed by atoms with Gasteiger partial charge in [-0.2, -0.15) is 0 Å².